The van der Waals surface area contributed by atoms with Crippen LogP contribution in [0.2, 0.25) is 0 Å². The molecule has 1 aromatic carbocycles. The first kappa shape index (κ1) is 17.5. The lowest BCUT2D eigenvalue weighted by Gasteiger charge is -2.20. The SMILES string of the molecule is COCCN(CC(=O)O)C(=O)CSc1cc(C)ccc1C. The highest BCUT2D eigenvalue weighted by atomic mass is 32.2. The second-order valence-electron chi connectivity index (χ2n) is 4.76. The van der Waals surface area contributed by atoms with Crippen LogP contribution >= 0.6 is 11.8 Å². The van der Waals surface area contributed by atoms with Gasteiger partial charge in [-0.05, 0) is 25.5 Å². The number of carbonyl (C=O) groups is 2. The molecule has 0 atom stereocenters. The number of amides is 1. The van der Waals surface area contributed by atoms with Gasteiger partial charge in [-0.3, -0.25) is 9.59 Å². The van der Waals surface area contributed by atoms with Gasteiger partial charge in [0, 0.05) is 18.6 Å². The van der Waals surface area contributed by atoms with Gasteiger partial charge in [0.05, 0.1) is 12.4 Å². The Bertz CT molecular complexity index is 504. The van der Waals surface area contributed by atoms with Crippen molar-refractivity contribution >= 4 is 23.6 Å². The molecule has 0 aliphatic carbocycles. The molecular weight excluding hydrogens is 290 g/mol. The number of carbonyl (C=O) groups excluding carboxylic acids is 1. The standard InChI is InChI=1S/C15H21NO4S/c1-11-4-5-12(2)13(8-11)21-10-14(17)16(6-7-20-3)9-15(18)19/h4-5,8H,6-7,9-10H2,1-3H3,(H,18,19). The third-order valence-corrected chi connectivity index (χ3v) is 4.08. The normalized spacial score (nSPS) is 10.4. The van der Waals surface area contributed by atoms with Crippen molar-refractivity contribution in [2.75, 3.05) is 32.6 Å². The Morgan fingerprint density at radius 1 is 1.33 bits per heavy atom. The Balaban J connectivity index is 2.63. The first-order chi connectivity index (χ1) is 9.93. The van der Waals surface area contributed by atoms with Crippen LogP contribution < -0.4 is 0 Å². The summed E-state index contributed by atoms with van der Waals surface area (Å²) < 4.78 is 4.91. The zero-order valence-corrected chi connectivity index (χ0v) is 13.4. The van der Waals surface area contributed by atoms with Crippen LogP contribution in [-0.4, -0.2) is 54.4 Å². The van der Waals surface area contributed by atoms with Gasteiger partial charge in [-0.1, -0.05) is 17.7 Å². The fourth-order valence-electron chi connectivity index (χ4n) is 1.75. The van der Waals surface area contributed by atoms with Crippen molar-refractivity contribution in [1.29, 1.82) is 0 Å². The van der Waals surface area contributed by atoms with Crippen LogP contribution in [0, 0.1) is 13.8 Å². The topological polar surface area (TPSA) is 66.8 Å². The fraction of sp³-hybridized carbons (Fsp3) is 0.467. The van der Waals surface area contributed by atoms with Gasteiger partial charge in [0.1, 0.15) is 6.54 Å². The Kier molecular flexibility index (Phi) is 7.25. The van der Waals surface area contributed by atoms with Crippen LogP contribution in [0.5, 0.6) is 0 Å². The molecular formula is C15H21NO4S. The predicted molar refractivity (Wildman–Crippen MR) is 82.7 cm³/mol. The van der Waals surface area contributed by atoms with E-state index >= 15 is 0 Å². The number of aryl methyl sites for hydroxylation is 2. The zero-order valence-electron chi connectivity index (χ0n) is 12.6. The molecule has 0 aromatic heterocycles. The van der Waals surface area contributed by atoms with Gasteiger partial charge in [-0.25, -0.2) is 0 Å². The molecule has 0 heterocycles. The van der Waals surface area contributed by atoms with Crippen LogP contribution in [0.25, 0.3) is 0 Å². The number of hydrogen-bond acceptors (Lipinski definition) is 4. The molecule has 1 N–H and O–H groups in total. The molecule has 5 nitrogen and oxygen atoms in total. The summed E-state index contributed by atoms with van der Waals surface area (Å²) in [6, 6.07) is 6.07. The maximum atomic E-state index is 12.1. The first-order valence-electron chi connectivity index (χ1n) is 6.62. The van der Waals surface area contributed by atoms with Crippen LogP contribution in [0.4, 0.5) is 0 Å². The van der Waals surface area contributed by atoms with Crippen molar-refractivity contribution in [3.63, 3.8) is 0 Å². The lowest BCUT2D eigenvalue weighted by Crippen LogP contribution is -2.39. The average Bonchev–Trinajstić information content (AvgIpc) is 2.43. The highest BCUT2D eigenvalue weighted by Gasteiger charge is 2.17. The Hall–Kier alpha value is -1.53. The molecule has 6 heteroatoms. The smallest absolute Gasteiger partial charge is 0.323 e. The van der Waals surface area contributed by atoms with E-state index in [-0.39, 0.29) is 24.7 Å². The van der Waals surface area contributed by atoms with E-state index in [2.05, 4.69) is 0 Å². The van der Waals surface area contributed by atoms with E-state index in [1.54, 1.807) is 0 Å². The second-order valence-corrected chi connectivity index (χ2v) is 5.78. The number of aliphatic carboxylic acids is 1. The van der Waals surface area contributed by atoms with E-state index in [0.29, 0.717) is 6.61 Å². The quantitative estimate of drug-likeness (QED) is 0.743. The average molecular weight is 311 g/mol. The van der Waals surface area contributed by atoms with Crippen molar-refractivity contribution in [2.24, 2.45) is 0 Å². The van der Waals surface area contributed by atoms with Crippen molar-refractivity contribution in [3.05, 3.63) is 29.3 Å². The third kappa shape index (κ3) is 6.18. The van der Waals surface area contributed by atoms with E-state index in [4.69, 9.17) is 9.84 Å². The number of hydrogen-bond donors (Lipinski definition) is 1. The first-order valence-corrected chi connectivity index (χ1v) is 7.61. The maximum Gasteiger partial charge on any atom is 0.323 e. The number of rotatable bonds is 8. The highest BCUT2D eigenvalue weighted by Crippen LogP contribution is 2.23. The maximum absolute atomic E-state index is 12.1. The van der Waals surface area contributed by atoms with Crippen LogP contribution in [0.3, 0.4) is 0 Å². The minimum absolute atomic E-state index is 0.194. The van der Waals surface area contributed by atoms with E-state index in [0.717, 1.165) is 16.0 Å². The minimum Gasteiger partial charge on any atom is -0.480 e. The lowest BCUT2D eigenvalue weighted by atomic mass is 10.2. The Morgan fingerprint density at radius 3 is 2.67 bits per heavy atom. The van der Waals surface area contributed by atoms with Crippen LogP contribution in [0.15, 0.2) is 23.1 Å². The van der Waals surface area contributed by atoms with Gasteiger partial charge in [-0.2, -0.15) is 0 Å². The summed E-state index contributed by atoms with van der Waals surface area (Å²) in [7, 11) is 1.52. The molecule has 0 radical (unpaired) electrons. The minimum atomic E-state index is -1.02. The molecule has 0 aliphatic rings. The van der Waals surface area contributed by atoms with E-state index < -0.39 is 5.97 Å². The molecule has 0 bridgehead atoms. The van der Waals surface area contributed by atoms with Crippen LogP contribution in [-0.2, 0) is 14.3 Å². The number of carboxylic acid groups (broad SMARTS) is 1. The molecule has 21 heavy (non-hydrogen) atoms. The largest absolute Gasteiger partial charge is 0.480 e. The summed E-state index contributed by atoms with van der Waals surface area (Å²) in [6.07, 6.45) is 0. The number of benzene rings is 1. The second kappa shape index (κ2) is 8.69. The summed E-state index contributed by atoms with van der Waals surface area (Å²) in [5, 5.41) is 8.86. The highest BCUT2D eigenvalue weighted by molar-refractivity contribution is 8.00. The van der Waals surface area contributed by atoms with E-state index in [1.807, 2.05) is 32.0 Å². The molecule has 0 saturated carbocycles. The summed E-state index contributed by atoms with van der Waals surface area (Å²) in [5.41, 5.74) is 2.25. The summed E-state index contributed by atoms with van der Waals surface area (Å²) in [6.45, 7) is 4.31. The van der Waals surface area contributed by atoms with Gasteiger partial charge in [0.15, 0.2) is 0 Å². The number of ether oxygens (including phenoxy) is 1. The van der Waals surface area contributed by atoms with Crippen molar-refractivity contribution < 1.29 is 19.4 Å². The van der Waals surface area contributed by atoms with Gasteiger partial charge >= 0.3 is 5.97 Å². The number of carboxylic acids is 1. The molecule has 1 amide bonds. The molecule has 1 rings (SSSR count). The Morgan fingerprint density at radius 2 is 2.05 bits per heavy atom. The molecule has 0 saturated heterocycles. The summed E-state index contributed by atoms with van der Waals surface area (Å²) in [5.74, 6) is -0.988. The Labute approximate surface area is 129 Å². The number of thioether (sulfide) groups is 1. The molecule has 0 fully saturated rings. The number of methoxy groups -OCH3 is 1. The monoisotopic (exact) mass is 311 g/mol. The third-order valence-electron chi connectivity index (χ3n) is 2.94. The van der Waals surface area contributed by atoms with Crippen molar-refractivity contribution in [2.45, 2.75) is 18.7 Å². The van der Waals surface area contributed by atoms with E-state index in [9.17, 15) is 9.59 Å². The van der Waals surface area contributed by atoms with Crippen LogP contribution in [0.1, 0.15) is 11.1 Å². The molecule has 1 aromatic rings. The van der Waals surface area contributed by atoms with Crippen molar-refractivity contribution in [1.82, 2.24) is 4.90 Å². The van der Waals surface area contributed by atoms with Gasteiger partial charge in [0.2, 0.25) is 5.91 Å². The molecule has 0 aliphatic heterocycles. The lowest BCUT2D eigenvalue weighted by molar-refractivity contribution is -0.143. The van der Waals surface area contributed by atoms with Gasteiger partial charge in [0.25, 0.3) is 0 Å². The molecule has 0 unspecified atom stereocenters. The van der Waals surface area contributed by atoms with Crippen molar-refractivity contribution in [3.8, 4) is 0 Å². The predicted octanol–water partition coefficient (Wildman–Crippen LogP) is 1.96. The number of nitrogens with zero attached hydrogens (tertiary/aromatic N) is 1. The molecule has 116 valence electrons. The summed E-state index contributed by atoms with van der Waals surface area (Å²) >= 11 is 1.43. The van der Waals surface area contributed by atoms with Gasteiger partial charge in [-0.15, -0.1) is 11.8 Å². The zero-order chi connectivity index (χ0) is 15.8. The molecule has 0 spiro atoms. The fourth-order valence-corrected chi connectivity index (χ4v) is 2.78. The van der Waals surface area contributed by atoms with Gasteiger partial charge < -0.3 is 14.7 Å². The summed E-state index contributed by atoms with van der Waals surface area (Å²) in [4.78, 5) is 25.3. The van der Waals surface area contributed by atoms with E-state index in [1.165, 1.54) is 23.8 Å².